The number of fused-ring (bicyclic) bond motifs is 1. The van der Waals surface area contributed by atoms with Gasteiger partial charge in [0.15, 0.2) is 0 Å². The Kier molecular flexibility index (Phi) is 4.58. The molecule has 4 rings (SSSR count). The van der Waals surface area contributed by atoms with Crippen molar-refractivity contribution >= 4 is 28.2 Å². The zero-order chi connectivity index (χ0) is 17.9. The fourth-order valence-electron chi connectivity index (χ4n) is 3.14. The molecule has 0 fully saturated rings. The second-order valence-electron chi connectivity index (χ2n) is 6.28. The molecule has 1 aliphatic rings. The lowest BCUT2D eigenvalue weighted by Gasteiger charge is -2.04. The number of aromatic nitrogens is 2. The van der Waals surface area contributed by atoms with Gasteiger partial charge in [-0.25, -0.2) is 0 Å². The summed E-state index contributed by atoms with van der Waals surface area (Å²) in [4.78, 5) is 24.6. The van der Waals surface area contributed by atoms with E-state index in [0.717, 1.165) is 29.8 Å². The van der Waals surface area contributed by atoms with Crippen molar-refractivity contribution in [1.29, 1.82) is 0 Å². The van der Waals surface area contributed by atoms with Crippen LogP contribution in [0.15, 0.2) is 48.5 Å². The fraction of sp³-hybridized carbons (Fsp3) is 0.200. The SMILES string of the molecule is O=C(Nc1nnc(Cc2ccccc2)s1)C(=O)c1ccc2c(c1)CCC2. The summed E-state index contributed by atoms with van der Waals surface area (Å²) in [6, 6.07) is 15.4. The number of carbonyl (C=O) groups excluding carboxylic acids is 2. The van der Waals surface area contributed by atoms with Gasteiger partial charge in [-0.05, 0) is 42.0 Å². The largest absolute Gasteiger partial charge is 0.298 e. The lowest BCUT2D eigenvalue weighted by atomic mass is 10.0. The van der Waals surface area contributed by atoms with Gasteiger partial charge < -0.3 is 0 Å². The van der Waals surface area contributed by atoms with E-state index in [0.29, 0.717) is 17.1 Å². The number of benzene rings is 2. The summed E-state index contributed by atoms with van der Waals surface area (Å²) in [6.07, 6.45) is 3.77. The molecule has 3 aromatic rings. The number of hydrogen-bond acceptors (Lipinski definition) is 5. The molecular weight excluding hydrogens is 346 g/mol. The van der Waals surface area contributed by atoms with Crippen LogP contribution in [0.2, 0.25) is 0 Å². The molecule has 1 heterocycles. The second-order valence-corrected chi connectivity index (χ2v) is 7.35. The summed E-state index contributed by atoms with van der Waals surface area (Å²) in [6.45, 7) is 0. The number of amides is 1. The lowest BCUT2D eigenvalue weighted by Crippen LogP contribution is -2.23. The van der Waals surface area contributed by atoms with Gasteiger partial charge in [0.05, 0.1) is 0 Å². The number of anilines is 1. The van der Waals surface area contributed by atoms with E-state index in [1.807, 2.05) is 42.5 Å². The normalized spacial score (nSPS) is 12.6. The Morgan fingerprint density at radius 1 is 1.00 bits per heavy atom. The molecule has 1 aromatic heterocycles. The number of hydrogen-bond donors (Lipinski definition) is 1. The highest BCUT2D eigenvalue weighted by Gasteiger charge is 2.20. The van der Waals surface area contributed by atoms with Crippen LogP contribution in [0.3, 0.4) is 0 Å². The molecule has 0 saturated carbocycles. The molecule has 0 saturated heterocycles. The summed E-state index contributed by atoms with van der Waals surface area (Å²) < 4.78 is 0. The number of nitrogens with one attached hydrogen (secondary N) is 1. The van der Waals surface area contributed by atoms with Gasteiger partial charge in [-0.15, -0.1) is 10.2 Å². The van der Waals surface area contributed by atoms with Gasteiger partial charge in [0.1, 0.15) is 5.01 Å². The first-order chi connectivity index (χ1) is 12.7. The van der Waals surface area contributed by atoms with E-state index in [2.05, 4.69) is 15.5 Å². The number of aryl methyl sites for hydroxylation is 2. The first kappa shape index (κ1) is 16.6. The van der Waals surface area contributed by atoms with Gasteiger partial charge in [0, 0.05) is 12.0 Å². The maximum atomic E-state index is 12.4. The molecule has 0 aliphatic heterocycles. The van der Waals surface area contributed by atoms with Gasteiger partial charge in [-0.1, -0.05) is 53.8 Å². The summed E-state index contributed by atoms with van der Waals surface area (Å²) in [7, 11) is 0. The Labute approximate surface area is 155 Å². The number of Topliss-reactive ketones (excluding diaryl/α,β-unsaturated/α-hetero) is 1. The Morgan fingerprint density at radius 2 is 1.81 bits per heavy atom. The average molecular weight is 363 g/mol. The molecule has 26 heavy (non-hydrogen) atoms. The van der Waals surface area contributed by atoms with Crippen LogP contribution in [0.5, 0.6) is 0 Å². The number of rotatable bonds is 5. The molecule has 0 unspecified atom stereocenters. The predicted octanol–water partition coefficient (Wildman–Crippen LogP) is 3.44. The zero-order valence-electron chi connectivity index (χ0n) is 14.1. The third-order valence-electron chi connectivity index (χ3n) is 4.45. The lowest BCUT2D eigenvalue weighted by molar-refractivity contribution is -0.112. The van der Waals surface area contributed by atoms with Gasteiger partial charge in [-0.3, -0.25) is 14.9 Å². The first-order valence-electron chi connectivity index (χ1n) is 8.53. The number of carbonyl (C=O) groups is 2. The molecule has 6 heteroatoms. The standard InChI is InChI=1S/C20H17N3O2S/c24-18(16-10-9-14-7-4-8-15(14)12-16)19(25)21-20-23-22-17(26-20)11-13-5-2-1-3-6-13/h1-3,5-6,9-10,12H,4,7-8,11H2,(H,21,23,25). The molecule has 0 bridgehead atoms. The van der Waals surface area contributed by atoms with Crippen LogP contribution in [0, 0.1) is 0 Å². The van der Waals surface area contributed by atoms with E-state index in [9.17, 15) is 9.59 Å². The van der Waals surface area contributed by atoms with E-state index in [1.54, 1.807) is 6.07 Å². The van der Waals surface area contributed by atoms with Crippen LogP contribution in [-0.4, -0.2) is 21.9 Å². The smallest absolute Gasteiger partial charge is 0.294 e. The van der Waals surface area contributed by atoms with E-state index in [4.69, 9.17) is 0 Å². The van der Waals surface area contributed by atoms with Crippen molar-refractivity contribution in [2.45, 2.75) is 25.7 Å². The third-order valence-corrected chi connectivity index (χ3v) is 5.29. The van der Waals surface area contributed by atoms with Crippen molar-refractivity contribution in [1.82, 2.24) is 10.2 Å². The fourth-order valence-corrected chi connectivity index (χ4v) is 3.91. The molecule has 0 radical (unpaired) electrons. The number of nitrogens with zero attached hydrogens (tertiary/aromatic N) is 2. The summed E-state index contributed by atoms with van der Waals surface area (Å²) >= 11 is 1.28. The Hall–Kier alpha value is -2.86. The predicted molar refractivity (Wildman–Crippen MR) is 101 cm³/mol. The van der Waals surface area contributed by atoms with Crippen LogP contribution in [0.25, 0.3) is 0 Å². The van der Waals surface area contributed by atoms with Crippen LogP contribution < -0.4 is 5.32 Å². The van der Waals surface area contributed by atoms with E-state index >= 15 is 0 Å². The maximum Gasteiger partial charge on any atom is 0.298 e. The first-order valence-corrected chi connectivity index (χ1v) is 9.34. The third kappa shape index (κ3) is 3.55. The van der Waals surface area contributed by atoms with Gasteiger partial charge in [-0.2, -0.15) is 0 Å². The number of ketones is 1. The van der Waals surface area contributed by atoms with Crippen LogP contribution >= 0.6 is 11.3 Å². The molecule has 2 aromatic carbocycles. The van der Waals surface area contributed by atoms with Crippen LogP contribution in [0.4, 0.5) is 5.13 Å². The van der Waals surface area contributed by atoms with Crippen molar-refractivity contribution in [2.75, 3.05) is 5.32 Å². The second kappa shape index (κ2) is 7.17. The van der Waals surface area contributed by atoms with Crippen molar-refractivity contribution in [2.24, 2.45) is 0 Å². The molecule has 1 amide bonds. The molecule has 0 atom stereocenters. The highest BCUT2D eigenvalue weighted by molar-refractivity contribution is 7.15. The Morgan fingerprint density at radius 3 is 2.65 bits per heavy atom. The van der Waals surface area contributed by atoms with Crippen LogP contribution in [-0.2, 0) is 24.1 Å². The Balaban J connectivity index is 1.42. The van der Waals surface area contributed by atoms with Crippen molar-refractivity contribution < 1.29 is 9.59 Å². The summed E-state index contributed by atoms with van der Waals surface area (Å²) in [5.41, 5.74) is 3.99. The maximum absolute atomic E-state index is 12.4. The minimum atomic E-state index is -0.676. The quantitative estimate of drug-likeness (QED) is 0.557. The molecule has 5 nitrogen and oxygen atoms in total. The molecule has 1 aliphatic carbocycles. The van der Waals surface area contributed by atoms with Crippen molar-refractivity contribution in [3.8, 4) is 0 Å². The molecule has 1 N–H and O–H groups in total. The molecule has 130 valence electrons. The monoisotopic (exact) mass is 363 g/mol. The van der Waals surface area contributed by atoms with Gasteiger partial charge >= 0.3 is 0 Å². The van der Waals surface area contributed by atoms with Gasteiger partial charge in [0.2, 0.25) is 5.13 Å². The summed E-state index contributed by atoms with van der Waals surface area (Å²) in [5.74, 6) is -1.22. The highest BCUT2D eigenvalue weighted by Crippen LogP contribution is 2.23. The van der Waals surface area contributed by atoms with E-state index in [1.165, 1.54) is 22.5 Å². The van der Waals surface area contributed by atoms with Crippen molar-refractivity contribution in [3.63, 3.8) is 0 Å². The minimum absolute atomic E-state index is 0.343. The average Bonchev–Trinajstić information content (AvgIpc) is 3.30. The summed E-state index contributed by atoms with van der Waals surface area (Å²) in [5, 5.41) is 11.8. The highest BCUT2D eigenvalue weighted by atomic mass is 32.1. The minimum Gasteiger partial charge on any atom is -0.294 e. The zero-order valence-corrected chi connectivity index (χ0v) is 14.9. The van der Waals surface area contributed by atoms with Crippen LogP contribution in [0.1, 0.15) is 38.5 Å². The topological polar surface area (TPSA) is 72.0 Å². The van der Waals surface area contributed by atoms with E-state index in [-0.39, 0.29) is 0 Å². The molecular formula is C20H17N3O2S. The van der Waals surface area contributed by atoms with Gasteiger partial charge in [0.25, 0.3) is 11.7 Å². The Bertz CT molecular complexity index is 966. The van der Waals surface area contributed by atoms with Crippen molar-refractivity contribution in [3.05, 3.63) is 75.8 Å². The van der Waals surface area contributed by atoms with E-state index < -0.39 is 11.7 Å². The molecule has 0 spiro atoms.